The topological polar surface area (TPSA) is 386 Å². The first-order valence-electron chi connectivity index (χ1n) is 19.5. The van der Waals surface area contributed by atoms with Crippen LogP contribution in [-0.2, 0) is 30.2 Å². The van der Waals surface area contributed by atoms with E-state index in [0.29, 0.717) is 5.57 Å². The van der Waals surface area contributed by atoms with Crippen molar-refractivity contribution in [1.29, 1.82) is 0 Å². The van der Waals surface area contributed by atoms with Crippen LogP contribution in [0.3, 0.4) is 0 Å². The number of dihydropyridines is 1. The van der Waals surface area contributed by atoms with Crippen molar-refractivity contribution in [3.8, 4) is 34.3 Å². The van der Waals surface area contributed by atoms with Gasteiger partial charge in [-0.15, -0.1) is 0 Å². The van der Waals surface area contributed by atoms with Crippen LogP contribution < -0.4 is 31.8 Å². The Morgan fingerprint density at radius 2 is 1.67 bits per heavy atom. The van der Waals surface area contributed by atoms with Crippen molar-refractivity contribution in [3.63, 3.8) is 0 Å². The van der Waals surface area contributed by atoms with Crippen LogP contribution in [0, 0.1) is 0 Å². The summed E-state index contributed by atoms with van der Waals surface area (Å²) in [4.78, 5) is 39.6. The lowest BCUT2D eigenvalue weighted by atomic mass is 9.85. The second-order valence-corrected chi connectivity index (χ2v) is 15.2. The molecule has 7 rings (SSSR count). The standard InChI is InChI=1S/C40H46N4O19/c1-42-5-6-43-23-10-17(15-2-3-24(41)44-13-15)25-22(12-21-26(28(25)49)18(46)11-20(59-21)16-8-14(4-7-45)27(48)19(47)9-16)62-40(23)36(55)32(53)31(52)35(63-40)38(58)61-39-33(54)29(50)30(51)34(60-39)37(56)57/h2-3,8-13,17,24,29-36,39,42-45,47-55H,4-7,41H2,1H3,(H,56,57)/t17-,24?,29+,30+,31+,32+,33-,34+,35+,36-,39-,40+/m1/s1. The van der Waals surface area contributed by atoms with E-state index in [1.54, 1.807) is 19.2 Å². The SMILES string of the molecule is CNCCNC1=C[C@H](C2=CNC(N)C=C2)c2c(cc3oc(-c4cc(O)c(O)c(CCO)c4)cc(=O)c3c2O)O[C@]12O[C@H](C(=O)O[C@H]1O[C@H](C(=O)O)[C@@H](O)[C@H](O)[C@H]1O)[C@@H](O)[C@H](O)[C@H]2O. The van der Waals surface area contributed by atoms with Crippen LogP contribution in [0.5, 0.6) is 23.0 Å². The number of benzene rings is 2. The molecule has 63 heavy (non-hydrogen) atoms. The van der Waals surface area contributed by atoms with E-state index in [9.17, 15) is 70.6 Å². The molecule has 2 aromatic carbocycles. The fourth-order valence-corrected chi connectivity index (χ4v) is 7.75. The van der Waals surface area contributed by atoms with E-state index in [0.717, 1.165) is 18.2 Å². The Kier molecular flexibility index (Phi) is 12.7. The number of nitrogens with one attached hydrogen (secondary N) is 3. The zero-order valence-electron chi connectivity index (χ0n) is 33.1. The molecule has 4 aliphatic heterocycles. The number of aliphatic carboxylic acids is 1. The highest BCUT2D eigenvalue weighted by Crippen LogP contribution is 2.51. The maximum absolute atomic E-state index is 13.9. The number of carbonyl (C=O) groups excluding carboxylic acids is 1. The van der Waals surface area contributed by atoms with Crippen molar-refractivity contribution in [2.45, 2.75) is 79.4 Å². The quantitative estimate of drug-likeness (QED) is 0.0499. The number of aliphatic hydroxyl groups is 7. The second-order valence-electron chi connectivity index (χ2n) is 15.2. The van der Waals surface area contributed by atoms with E-state index in [2.05, 4.69) is 16.0 Å². The number of aliphatic hydroxyl groups excluding tert-OH is 7. The predicted octanol–water partition coefficient (Wildman–Crippen LogP) is -3.78. The summed E-state index contributed by atoms with van der Waals surface area (Å²) in [6.07, 6.45) is -15.1. The molecule has 0 radical (unpaired) electrons. The summed E-state index contributed by atoms with van der Waals surface area (Å²) in [6, 6.07) is 4.61. The third kappa shape index (κ3) is 8.15. The molecular formula is C40H46N4O19. The van der Waals surface area contributed by atoms with Crippen molar-refractivity contribution in [2.75, 3.05) is 26.7 Å². The van der Waals surface area contributed by atoms with Gasteiger partial charge in [0, 0.05) is 60.6 Å². The van der Waals surface area contributed by atoms with Crippen LogP contribution >= 0.6 is 0 Å². The number of rotatable bonds is 11. The minimum atomic E-state index is -2.78. The maximum Gasteiger partial charge on any atom is 0.340 e. The smallest absolute Gasteiger partial charge is 0.340 e. The Morgan fingerprint density at radius 3 is 2.33 bits per heavy atom. The second kappa shape index (κ2) is 17.7. The number of hydrogen-bond donors (Lipinski definition) is 15. The van der Waals surface area contributed by atoms with Crippen molar-refractivity contribution in [3.05, 3.63) is 81.3 Å². The first-order valence-corrected chi connectivity index (χ1v) is 19.5. The van der Waals surface area contributed by atoms with Crippen LogP contribution in [0.4, 0.5) is 0 Å². The van der Waals surface area contributed by atoms with Crippen LogP contribution in [0.25, 0.3) is 22.3 Å². The lowest BCUT2D eigenvalue weighted by molar-refractivity contribution is -0.325. The highest BCUT2D eigenvalue weighted by molar-refractivity contribution is 5.89. The van der Waals surface area contributed by atoms with Crippen LogP contribution in [0.1, 0.15) is 17.0 Å². The van der Waals surface area contributed by atoms with Crippen LogP contribution in [0.15, 0.2) is 69.2 Å². The molecule has 12 atom stereocenters. The number of esters is 1. The number of phenolic OH excluding ortho intramolecular Hbond substituents is 3. The number of nitrogens with two attached hydrogens (primary N) is 1. The molecule has 0 aliphatic carbocycles. The summed E-state index contributed by atoms with van der Waals surface area (Å²) in [5.74, 6) is -9.77. The van der Waals surface area contributed by atoms with Gasteiger partial charge >= 0.3 is 11.9 Å². The molecule has 1 spiro atoms. The Labute approximate surface area is 355 Å². The van der Waals surface area contributed by atoms with E-state index in [1.807, 2.05) is 0 Å². The lowest BCUT2D eigenvalue weighted by Crippen LogP contribution is -2.70. The normalized spacial score (nSPS) is 31.5. The molecule has 1 unspecified atom stereocenters. The number of aromatic hydroxyl groups is 3. The summed E-state index contributed by atoms with van der Waals surface area (Å²) in [7, 11) is 1.63. The van der Waals surface area contributed by atoms with Gasteiger partial charge in [-0.2, -0.15) is 0 Å². The third-order valence-electron chi connectivity index (χ3n) is 11.1. The lowest BCUT2D eigenvalue weighted by Gasteiger charge is -2.48. The van der Waals surface area contributed by atoms with Crippen molar-refractivity contribution >= 4 is 22.9 Å². The molecule has 23 heteroatoms. The van der Waals surface area contributed by atoms with E-state index in [-0.39, 0.29) is 58.6 Å². The van der Waals surface area contributed by atoms with Crippen LogP contribution in [0.2, 0.25) is 0 Å². The molecule has 2 saturated heterocycles. The molecule has 3 aromatic rings. The number of ether oxygens (including phenoxy) is 4. The number of allylic oxidation sites excluding steroid dienone is 3. The fourth-order valence-electron chi connectivity index (χ4n) is 7.75. The van der Waals surface area contributed by atoms with Crippen molar-refractivity contribution in [2.24, 2.45) is 5.73 Å². The molecular weight excluding hydrogens is 840 g/mol. The Bertz CT molecular complexity index is 2420. The highest BCUT2D eigenvalue weighted by atomic mass is 16.8. The average Bonchev–Trinajstić information content (AvgIpc) is 3.38. The zero-order chi connectivity index (χ0) is 45.7. The van der Waals surface area contributed by atoms with Gasteiger partial charge in [0.2, 0.25) is 6.29 Å². The first kappa shape index (κ1) is 45.2. The number of likely N-dealkylation sites (N-methyl/N-ethyl adjacent to an activating group) is 1. The average molecular weight is 887 g/mol. The fraction of sp³-hybridized carbons (Fsp3) is 0.425. The third-order valence-corrected chi connectivity index (χ3v) is 11.1. The summed E-state index contributed by atoms with van der Waals surface area (Å²) in [5.41, 5.74) is 5.07. The summed E-state index contributed by atoms with van der Waals surface area (Å²) in [6.45, 7) is -0.125. The summed E-state index contributed by atoms with van der Waals surface area (Å²) < 4.78 is 29.0. The maximum atomic E-state index is 13.9. The van der Waals surface area contributed by atoms with E-state index >= 15 is 0 Å². The highest BCUT2D eigenvalue weighted by Gasteiger charge is 2.62. The molecule has 5 heterocycles. The number of carboxylic acid groups (broad SMARTS) is 1. The van der Waals surface area contributed by atoms with Gasteiger partial charge in [-0.1, -0.05) is 6.08 Å². The van der Waals surface area contributed by atoms with E-state index in [1.165, 1.54) is 18.3 Å². The molecule has 0 saturated carbocycles. The van der Waals surface area contributed by atoms with E-state index < -0.39 is 120 Å². The van der Waals surface area contributed by atoms with Crippen LogP contribution in [-0.4, -0.2) is 162 Å². The van der Waals surface area contributed by atoms with Gasteiger partial charge in [0.25, 0.3) is 5.79 Å². The van der Waals surface area contributed by atoms with Gasteiger partial charge < -0.3 is 101 Å². The number of fused-ring (bicyclic) bond motifs is 2. The number of carboxylic acids is 1. The van der Waals surface area contributed by atoms with Gasteiger partial charge in [0.15, 0.2) is 35.2 Å². The number of phenols is 3. The molecule has 23 nitrogen and oxygen atoms in total. The minimum absolute atomic E-state index is 0.0341. The Hall–Kier alpha value is -5.83. The summed E-state index contributed by atoms with van der Waals surface area (Å²) >= 11 is 0. The molecule has 2 fully saturated rings. The monoisotopic (exact) mass is 886 g/mol. The molecule has 1 aromatic heterocycles. The van der Waals surface area contributed by atoms with Crippen molar-refractivity contribution in [1.82, 2.24) is 16.0 Å². The minimum Gasteiger partial charge on any atom is -0.507 e. The molecule has 0 amide bonds. The predicted molar refractivity (Wildman–Crippen MR) is 211 cm³/mol. The van der Waals surface area contributed by atoms with Gasteiger partial charge in [0.1, 0.15) is 58.7 Å². The Morgan fingerprint density at radius 1 is 0.937 bits per heavy atom. The van der Waals surface area contributed by atoms with Gasteiger partial charge in [-0.3, -0.25) is 4.79 Å². The number of carbonyl (C=O) groups is 2. The molecule has 0 bridgehead atoms. The number of hydrogen-bond acceptors (Lipinski definition) is 22. The largest absolute Gasteiger partial charge is 0.507 e. The molecule has 340 valence electrons. The van der Waals surface area contributed by atoms with Gasteiger partial charge in [-0.25, -0.2) is 9.59 Å². The molecule has 16 N–H and O–H groups in total. The van der Waals surface area contributed by atoms with E-state index in [4.69, 9.17) is 29.1 Å². The summed E-state index contributed by atoms with van der Waals surface area (Å²) in [5, 5.41) is 126. The zero-order valence-corrected chi connectivity index (χ0v) is 33.1. The first-order chi connectivity index (χ1) is 29.9. The van der Waals surface area contributed by atoms with Crippen molar-refractivity contribution < 1.29 is 89.1 Å². The van der Waals surface area contributed by atoms with Gasteiger partial charge in [-0.05, 0) is 43.3 Å². The van der Waals surface area contributed by atoms with Gasteiger partial charge in [0.05, 0.1) is 11.9 Å². The Balaban J connectivity index is 1.40. The molecule has 4 aliphatic rings.